The van der Waals surface area contributed by atoms with Crippen molar-refractivity contribution >= 4 is 70.2 Å². The molecule has 5 heterocycles. The molecule has 292 valence electrons. The smallest absolute Gasteiger partial charge is 0.336 e. The molecule has 9 rings (SSSR count). The number of nitrogens with zero attached hydrogens (tertiary/aromatic N) is 2. The maximum Gasteiger partial charge on any atom is 0.336 e. The van der Waals surface area contributed by atoms with Gasteiger partial charge in [-0.2, -0.15) is 0 Å². The van der Waals surface area contributed by atoms with Crippen LogP contribution >= 0.6 is 0 Å². The largest absolute Gasteiger partial charge is 0.478 e. The first-order valence-corrected chi connectivity index (χ1v) is 18.6. The molecule has 0 saturated carbocycles. The number of carboxylic acid groups (broad SMARTS) is 4. The molecular formula is C48H30N4O8Zn. The van der Waals surface area contributed by atoms with E-state index in [1.165, 1.54) is 24.3 Å². The van der Waals surface area contributed by atoms with Crippen molar-refractivity contribution in [2.45, 2.75) is 0 Å². The molecule has 12 nitrogen and oxygen atoms in total. The Balaban J connectivity index is 0.00000514. The number of fused-ring (bicyclic) bond motifs is 8. The molecule has 0 saturated heterocycles. The third-order valence-electron chi connectivity index (χ3n) is 10.5. The summed E-state index contributed by atoms with van der Waals surface area (Å²) in [5.41, 5.74) is 6.29. The predicted octanol–water partition coefficient (Wildman–Crippen LogP) is 10.1. The summed E-state index contributed by atoms with van der Waals surface area (Å²) < 4.78 is 0. The van der Waals surface area contributed by atoms with E-state index in [2.05, 4.69) is 9.97 Å². The van der Waals surface area contributed by atoms with E-state index >= 15 is 0 Å². The number of carboxylic acids is 4. The summed E-state index contributed by atoms with van der Waals surface area (Å²) in [6.07, 6.45) is 6.91. The van der Waals surface area contributed by atoms with Crippen molar-refractivity contribution in [1.29, 1.82) is 0 Å². The van der Waals surface area contributed by atoms with Gasteiger partial charge in [0.2, 0.25) is 0 Å². The molecule has 0 atom stereocenters. The molecule has 0 radical (unpaired) electrons. The maximum absolute atomic E-state index is 12.7. The van der Waals surface area contributed by atoms with Gasteiger partial charge in [0.1, 0.15) is 0 Å². The van der Waals surface area contributed by atoms with Gasteiger partial charge in [0.05, 0.1) is 45.0 Å². The summed E-state index contributed by atoms with van der Waals surface area (Å²) in [5.74, 6) is -4.67. The van der Waals surface area contributed by atoms with Crippen LogP contribution in [0.25, 0.3) is 90.9 Å². The van der Waals surface area contributed by atoms with Gasteiger partial charge in [-0.3, -0.25) is 0 Å². The maximum atomic E-state index is 12.7. The zero-order valence-corrected chi connectivity index (χ0v) is 34.8. The molecule has 2 aliphatic heterocycles. The summed E-state index contributed by atoms with van der Waals surface area (Å²) in [7, 11) is 0. The van der Waals surface area contributed by atoms with Gasteiger partial charge >= 0.3 is 23.9 Å². The Labute approximate surface area is 358 Å². The summed E-state index contributed by atoms with van der Waals surface area (Å²) >= 11 is 0. The Bertz CT molecular complexity index is 2830. The van der Waals surface area contributed by atoms with Gasteiger partial charge in [0.15, 0.2) is 0 Å². The fraction of sp³-hybridized carbons (Fsp3) is 0. The molecule has 0 amide bonds. The van der Waals surface area contributed by atoms with Gasteiger partial charge in [-0.05, 0) is 72.8 Å². The van der Waals surface area contributed by atoms with E-state index in [4.69, 9.17) is 9.97 Å². The van der Waals surface area contributed by atoms with Crippen LogP contribution < -0.4 is 0 Å². The first-order valence-electron chi connectivity index (χ1n) is 18.6. The number of rotatable bonds is 8. The number of H-pyrrole nitrogens is 2. The first kappa shape index (κ1) is 39.8. The fourth-order valence-electron chi connectivity index (χ4n) is 7.89. The summed E-state index contributed by atoms with van der Waals surface area (Å²) in [5, 5.41) is 41.5. The normalized spacial score (nSPS) is 11.5. The number of aromatic amines is 2. The van der Waals surface area contributed by atoms with Gasteiger partial charge in [-0.1, -0.05) is 72.8 Å². The minimum Gasteiger partial charge on any atom is -0.478 e. The SMILES string of the molecule is O=C(O)c1ccccc1-c1c2nc(c(-c3ccccc3C(=O)O)c3ccc([nH]3)c(-c3ccccc3C(=O)O)c3nc(c(-c4ccccc4C(=O)O)c4ccc1[nH]4)C=C3)C=C2.[Zn]. The molecule has 0 aliphatic carbocycles. The molecule has 7 aromatic rings. The number of benzene rings is 4. The zero-order chi connectivity index (χ0) is 41.7. The van der Waals surface area contributed by atoms with Gasteiger partial charge in [0, 0.05) is 86.1 Å². The van der Waals surface area contributed by atoms with E-state index in [-0.39, 0.29) is 41.7 Å². The van der Waals surface area contributed by atoms with Gasteiger partial charge in [0.25, 0.3) is 0 Å². The molecule has 2 aliphatic rings. The average Bonchev–Trinajstić information content (AvgIpc) is 4.09. The Hall–Kier alpha value is -8.02. The van der Waals surface area contributed by atoms with E-state index < -0.39 is 23.9 Å². The molecule has 0 fully saturated rings. The third kappa shape index (κ3) is 7.02. The zero-order valence-electron chi connectivity index (χ0n) is 31.9. The second-order valence-electron chi connectivity index (χ2n) is 13.9. The van der Waals surface area contributed by atoms with Crippen molar-refractivity contribution in [2.75, 3.05) is 0 Å². The molecule has 13 heteroatoms. The average molecular weight is 856 g/mol. The van der Waals surface area contributed by atoms with E-state index in [9.17, 15) is 39.6 Å². The van der Waals surface area contributed by atoms with Crippen LogP contribution in [0.4, 0.5) is 0 Å². The molecule has 4 aromatic carbocycles. The summed E-state index contributed by atoms with van der Waals surface area (Å²) in [6.45, 7) is 0. The first-order chi connectivity index (χ1) is 29.1. The Morgan fingerprint density at radius 2 is 0.557 bits per heavy atom. The van der Waals surface area contributed by atoms with Crippen molar-refractivity contribution in [2.24, 2.45) is 0 Å². The molecule has 8 bridgehead atoms. The topological polar surface area (TPSA) is 207 Å². The van der Waals surface area contributed by atoms with Crippen LogP contribution in [0.1, 0.15) is 64.2 Å². The van der Waals surface area contributed by atoms with Crippen LogP contribution in [0.2, 0.25) is 0 Å². The summed E-state index contributed by atoms with van der Waals surface area (Å²) in [6, 6.07) is 33.1. The molecule has 6 N–H and O–H groups in total. The van der Waals surface area contributed by atoms with E-state index in [0.717, 1.165) is 0 Å². The van der Waals surface area contributed by atoms with Gasteiger partial charge in [-0.25, -0.2) is 29.1 Å². The number of carbonyl (C=O) groups is 4. The van der Waals surface area contributed by atoms with Crippen LogP contribution in [0, 0.1) is 0 Å². The van der Waals surface area contributed by atoms with Crippen LogP contribution in [0.3, 0.4) is 0 Å². The monoisotopic (exact) mass is 854 g/mol. The molecular weight excluding hydrogens is 826 g/mol. The minimum atomic E-state index is -1.17. The van der Waals surface area contributed by atoms with Crippen LogP contribution in [-0.2, 0) is 19.5 Å². The van der Waals surface area contributed by atoms with Crippen LogP contribution in [0.15, 0.2) is 121 Å². The van der Waals surface area contributed by atoms with Crippen molar-refractivity contribution in [3.8, 4) is 44.5 Å². The van der Waals surface area contributed by atoms with Crippen LogP contribution in [0.5, 0.6) is 0 Å². The van der Waals surface area contributed by atoms with Crippen molar-refractivity contribution < 1.29 is 59.1 Å². The number of aromatic carboxylic acids is 4. The Kier molecular flexibility index (Phi) is 10.4. The van der Waals surface area contributed by atoms with Crippen molar-refractivity contribution in [3.05, 3.63) is 166 Å². The summed E-state index contributed by atoms with van der Waals surface area (Å²) in [4.78, 5) is 67.9. The number of nitrogens with one attached hydrogen (secondary N) is 2. The second-order valence-corrected chi connectivity index (χ2v) is 13.9. The second kappa shape index (κ2) is 16.0. The molecule has 3 aromatic heterocycles. The number of hydrogen-bond acceptors (Lipinski definition) is 6. The standard InChI is InChI=1S/C48H30N4O8.Zn/c53-45(54)29-13-5-1-9-25(29)41-33-17-19-35(49-33)42(26-10-2-6-14-30(26)46(55)56)37-21-23-39(51-37)44(28-12-4-8-16-32(28)48(59)60)40-24-22-38(52-40)43(36-20-18-34(41)50-36)27-11-3-7-15-31(27)47(57)58;/h1-24,49,52H,(H,53,54)(H,55,56)(H,57,58)(H,59,60);. The molecule has 0 unspecified atom stereocenters. The number of aromatic nitrogens is 4. The van der Waals surface area contributed by atoms with Crippen molar-refractivity contribution in [3.63, 3.8) is 0 Å². The van der Waals surface area contributed by atoms with Gasteiger partial charge < -0.3 is 30.4 Å². The molecule has 61 heavy (non-hydrogen) atoms. The Morgan fingerprint density at radius 3 is 0.770 bits per heavy atom. The number of hydrogen-bond donors (Lipinski definition) is 6. The minimum absolute atomic E-state index is 0. The fourth-order valence-corrected chi connectivity index (χ4v) is 7.89. The van der Waals surface area contributed by atoms with Gasteiger partial charge in [-0.15, -0.1) is 0 Å². The van der Waals surface area contributed by atoms with E-state index in [1.54, 1.807) is 121 Å². The third-order valence-corrected chi connectivity index (χ3v) is 10.5. The Morgan fingerprint density at radius 1 is 0.344 bits per heavy atom. The predicted molar refractivity (Wildman–Crippen MR) is 228 cm³/mol. The van der Waals surface area contributed by atoms with E-state index in [0.29, 0.717) is 89.4 Å². The quantitative estimate of drug-likeness (QED) is 0.0797. The van der Waals surface area contributed by atoms with Crippen LogP contribution in [-0.4, -0.2) is 64.2 Å². The van der Waals surface area contributed by atoms with E-state index in [1.807, 2.05) is 0 Å². The molecule has 0 spiro atoms. The van der Waals surface area contributed by atoms with Crippen molar-refractivity contribution in [1.82, 2.24) is 19.9 Å².